The molecule has 0 saturated carbocycles. The Morgan fingerprint density at radius 1 is 0.967 bits per heavy atom. The SMILES string of the molecule is CCCC([SiH3])OC(=O)CC(O)C(=O)OC(C)(C)C.c1ccc(-c2ccccc2)cc1. The fraction of sp³-hybridized carbons (Fsp3) is 0.417. The van der Waals surface area contributed by atoms with Crippen LogP contribution in [0.2, 0.25) is 0 Å². The quantitative estimate of drug-likeness (QED) is 0.538. The Bertz CT molecular complexity index is 719. The van der Waals surface area contributed by atoms with Gasteiger partial charge in [-0.05, 0) is 38.3 Å². The fourth-order valence-electron chi connectivity index (χ4n) is 2.61. The number of esters is 2. The molecule has 0 aliphatic carbocycles. The second kappa shape index (κ2) is 13.0. The Hall–Kier alpha value is -2.44. The van der Waals surface area contributed by atoms with E-state index in [-0.39, 0.29) is 12.1 Å². The molecule has 2 aromatic rings. The lowest BCUT2D eigenvalue weighted by atomic mass is 10.1. The van der Waals surface area contributed by atoms with Crippen LogP contribution in [-0.4, -0.2) is 44.7 Å². The van der Waals surface area contributed by atoms with E-state index in [4.69, 9.17) is 9.47 Å². The Balaban J connectivity index is 0.000000321. The molecular weight excluding hydrogens is 396 g/mol. The topological polar surface area (TPSA) is 72.8 Å². The molecule has 0 radical (unpaired) electrons. The van der Waals surface area contributed by atoms with Crippen molar-refractivity contribution in [3.05, 3.63) is 60.7 Å². The first-order valence-electron chi connectivity index (χ1n) is 10.3. The number of ether oxygens (including phenoxy) is 2. The van der Waals surface area contributed by atoms with Crippen LogP contribution in [0, 0.1) is 0 Å². The predicted octanol–water partition coefficient (Wildman–Crippen LogP) is 3.47. The van der Waals surface area contributed by atoms with Crippen molar-refractivity contribution in [2.24, 2.45) is 0 Å². The Morgan fingerprint density at radius 2 is 1.43 bits per heavy atom. The Morgan fingerprint density at radius 3 is 1.83 bits per heavy atom. The van der Waals surface area contributed by atoms with Gasteiger partial charge in [0, 0.05) is 0 Å². The highest BCUT2D eigenvalue weighted by molar-refractivity contribution is 6.11. The van der Waals surface area contributed by atoms with E-state index in [0.29, 0.717) is 0 Å². The van der Waals surface area contributed by atoms with Gasteiger partial charge in [0.1, 0.15) is 5.60 Å². The standard InChI is InChI=1S/C12H24O5Si.C12H10/c1-5-6-10(18)16-9(14)7-8(13)11(15)17-12(2,3)4;1-3-7-11(8-4-1)12-9-5-2-6-10-12/h8,10,13H,5-7H2,1-4,18H3;1-10H. The monoisotopic (exact) mass is 430 g/mol. The van der Waals surface area contributed by atoms with Crippen molar-refractivity contribution in [1.29, 1.82) is 0 Å². The second-order valence-electron chi connectivity index (χ2n) is 8.07. The number of aliphatic hydroxyl groups excluding tert-OH is 1. The number of carbonyl (C=O) groups is 2. The van der Waals surface area contributed by atoms with Crippen LogP contribution in [0.5, 0.6) is 0 Å². The molecule has 2 aromatic carbocycles. The van der Waals surface area contributed by atoms with E-state index in [1.165, 1.54) is 11.1 Å². The number of hydrogen-bond acceptors (Lipinski definition) is 5. The minimum absolute atomic E-state index is 0.0617. The van der Waals surface area contributed by atoms with Gasteiger partial charge in [0.25, 0.3) is 0 Å². The zero-order valence-corrected chi connectivity index (χ0v) is 20.6. The van der Waals surface area contributed by atoms with Crippen LogP contribution in [0.3, 0.4) is 0 Å². The molecule has 30 heavy (non-hydrogen) atoms. The lowest BCUT2D eigenvalue weighted by Crippen LogP contribution is -2.34. The molecule has 2 unspecified atom stereocenters. The predicted molar refractivity (Wildman–Crippen MR) is 123 cm³/mol. The fourth-order valence-corrected chi connectivity index (χ4v) is 3.45. The zero-order valence-electron chi connectivity index (χ0n) is 18.6. The summed E-state index contributed by atoms with van der Waals surface area (Å²) < 4.78 is 10.1. The summed E-state index contributed by atoms with van der Waals surface area (Å²) in [6.07, 6.45) is -0.0410. The molecule has 0 saturated heterocycles. The molecule has 6 heteroatoms. The van der Waals surface area contributed by atoms with E-state index >= 15 is 0 Å². The van der Waals surface area contributed by atoms with Gasteiger partial charge in [-0.3, -0.25) is 4.79 Å². The number of carbonyl (C=O) groups excluding carboxylic acids is 2. The second-order valence-corrected chi connectivity index (χ2v) is 9.36. The highest BCUT2D eigenvalue weighted by atomic mass is 28.1. The molecule has 5 nitrogen and oxygen atoms in total. The molecule has 1 N–H and O–H groups in total. The molecule has 0 aliphatic rings. The maximum absolute atomic E-state index is 11.4. The van der Waals surface area contributed by atoms with E-state index in [2.05, 4.69) is 48.5 Å². The van der Waals surface area contributed by atoms with Crippen LogP contribution in [0.15, 0.2) is 60.7 Å². The van der Waals surface area contributed by atoms with Gasteiger partial charge in [0.05, 0.1) is 22.4 Å². The Labute approximate surface area is 182 Å². The average molecular weight is 431 g/mol. The molecule has 2 rings (SSSR count). The van der Waals surface area contributed by atoms with Gasteiger partial charge < -0.3 is 14.6 Å². The first kappa shape index (κ1) is 25.6. The summed E-state index contributed by atoms with van der Waals surface area (Å²) in [7, 11) is 0.746. The molecular formula is C24H34O5Si. The first-order chi connectivity index (χ1) is 14.1. The highest BCUT2D eigenvalue weighted by Gasteiger charge is 2.26. The molecule has 164 valence electrons. The number of aliphatic hydroxyl groups is 1. The first-order valence-corrected chi connectivity index (χ1v) is 11.5. The van der Waals surface area contributed by atoms with E-state index in [1.54, 1.807) is 20.8 Å². The third-order valence-electron chi connectivity index (χ3n) is 3.95. The zero-order chi connectivity index (χ0) is 22.6. The molecule has 0 bridgehead atoms. The summed E-state index contributed by atoms with van der Waals surface area (Å²) in [6.45, 7) is 7.11. The number of hydrogen-bond donors (Lipinski definition) is 1. The Kier molecular flexibility index (Phi) is 11.1. The van der Waals surface area contributed by atoms with Crippen molar-refractivity contribution in [2.75, 3.05) is 0 Å². The minimum Gasteiger partial charge on any atom is -0.467 e. The molecule has 0 amide bonds. The summed E-state index contributed by atoms with van der Waals surface area (Å²) in [5, 5.41) is 9.53. The molecule has 2 atom stereocenters. The summed E-state index contributed by atoms with van der Waals surface area (Å²) in [5.74, 6) is -1.35. The molecule has 0 fully saturated rings. The smallest absolute Gasteiger partial charge is 0.336 e. The third kappa shape index (κ3) is 10.9. The molecule has 0 spiro atoms. The van der Waals surface area contributed by atoms with Gasteiger partial charge in [-0.15, -0.1) is 0 Å². The highest BCUT2D eigenvalue weighted by Crippen LogP contribution is 2.17. The molecule has 0 aromatic heterocycles. The van der Waals surface area contributed by atoms with Crippen LogP contribution in [0.25, 0.3) is 11.1 Å². The summed E-state index contributed by atoms with van der Waals surface area (Å²) in [6, 6.07) is 20.8. The van der Waals surface area contributed by atoms with Crippen LogP contribution < -0.4 is 0 Å². The van der Waals surface area contributed by atoms with Crippen molar-refractivity contribution in [1.82, 2.24) is 0 Å². The van der Waals surface area contributed by atoms with Gasteiger partial charge in [0.2, 0.25) is 0 Å². The van der Waals surface area contributed by atoms with Crippen molar-refractivity contribution in [3.63, 3.8) is 0 Å². The normalized spacial score (nSPS) is 12.8. The van der Waals surface area contributed by atoms with Crippen LogP contribution in [-0.2, 0) is 19.1 Å². The van der Waals surface area contributed by atoms with Crippen molar-refractivity contribution >= 4 is 22.2 Å². The van der Waals surface area contributed by atoms with Crippen LogP contribution in [0.1, 0.15) is 47.0 Å². The summed E-state index contributed by atoms with van der Waals surface area (Å²) in [4.78, 5) is 22.9. The largest absolute Gasteiger partial charge is 0.467 e. The maximum atomic E-state index is 11.4. The maximum Gasteiger partial charge on any atom is 0.336 e. The van der Waals surface area contributed by atoms with Crippen molar-refractivity contribution < 1.29 is 24.2 Å². The van der Waals surface area contributed by atoms with Crippen molar-refractivity contribution in [2.45, 2.75) is 64.4 Å². The van der Waals surface area contributed by atoms with E-state index in [9.17, 15) is 14.7 Å². The number of benzene rings is 2. The van der Waals surface area contributed by atoms with Crippen LogP contribution >= 0.6 is 0 Å². The summed E-state index contributed by atoms with van der Waals surface area (Å²) >= 11 is 0. The van der Waals surface area contributed by atoms with Gasteiger partial charge >= 0.3 is 11.9 Å². The van der Waals surface area contributed by atoms with Gasteiger partial charge in [-0.2, -0.15) is 0 Å². The lowest BCUT2D eigenvalue weighted by Gasteiger charge is -2.21. The van der Waals surface area contributed by atoms with Gasteiger partial charge in [-0.1, -0.05) is 74.0 Å². The van der Waals surface area contributed by atoms with E-state index < -0.39 is 23.6 Å². The van der Waals surface area contributed by atoms with E-state index in [0.717, 1.165) is 23.1 Å². The average Bonchev–Trinajstić information content (AvgIpc) is 2.68. The summed E-state index contributed by atoms with van der Waals surface area (Å²) in [5.41, 5.74) is 1.81. The molecule has 0 aliphatic heterocycles. The van der Waals surface area contributed by atoms with Crippen molar-refractivity contribution in [3.8, 4) is 11.1 Å². The molecule has 0 heterocycles. The van der Waals surface area contributed by atoms with Gasteiger partial charge in [0.15, 0.2) is 6.10 Å². The third-order valence-corrected chi connectivity index (χ3v) is 4.76. The van der Waals surface area contributed by atoms with Gasteiger partial charge in [-0.25, -0.2) is 4.79 Å². The number of rotatable bonds is 7. The lowest BCUT2D eigenvalue weighted by molar-refractivity contribution is -0.169. The van der Waals surface area contributed by atoms with Crippen LogP contribution in [0.4, 0.5) is 0 Å². The van der Waals surface area contributed by atoms with E-state index in [1.807, 2.05) is 19.1 Å². The minimum atomic E-state index is -1.45.